The molecule has 0 fully saturated rings. The Morgan fingerprint density at radius 2 is 2.21 bits per heavy atom. The third-order valence-electron chi connectivity index (χ3n) is 1.88. The van der Waals surface area contributed by atoms with Gasteiger partial charge < -0.3 is 10.1 Å². The third-order valence-corrected chi connectivity index (χ3v) is 2.35. The Labute approximate surface area is 122 Å². The number of alkyl carbamates (subject to hydrolysis) is 1. The molecule has 0 aliphatic rings. The Morgan fingerprint density at radius 3 is 2.79 bits per heavy atom. The Kier molecular flexibility index (Phi) is 5.84. The van der Waals surface area contributed by atoms with Gasteiger partial charge in [-0.25, -0.2) is 9.78 Å². The summed E-state index contributed by atoms with van der Waals surface area (Å²) in [5.41, 5.74) is 0.374. The maximum absolute atomic E-state index is 11.3. The lowest BCUT2D eigenvalue weighted by Crippen LogP contribution is -2.32. The number of nitrogens with one attached hydrogen (secondary N) is 1. The predicted molar refractivity (Wildman–Crippen MR) is 77.7 cm³/mol. The van der Waals surface area contributed by atoms with Crippen LogP contribution in [0.15, 0.2) is 22.9 Å². The fraction of sp³-hybridized carbons (Fsp3) is 0.429. The number of halogens is 1. The van der Waals surface area contributed by atoms with Gasteiger partial charge in [0, 0.05) is 24.7 Å². The average molecular weight is 325 g/mol. The topological polar surface area (TPSA) is 51.2 Å². The summed E-state index contributed by atoms with van der Waals surface area (Å²) in [5, 5.41) is 2.65. The van der Waals surface area contributed by atoms with Crippen molar-refractivity contribution >= 4 is 22.0 Å². The van der Waals surface area contributed by atoms with Crippen LogP contribution in [-0.4, -0.2) is 23.2 Å². The normalized spacial score (nSPS) is 10.3. The number of amides is 1. The standard InChI is InChI=1S/C14H17BrN2O2/c1-14(2,3)19-13(18)16-9-5-4-6-11-7-8-12(15)17-10-11/h7-8,10H,5,9H2,1-3H3,(H,16,18). The second-order valence-electron chi connectivity index (χ2n) is 4.85. The zero-order chi connectivity index (χ0) is 14.3. The lowest BCUT2D eigenvalue weighted by Gasteiger charge is -2.19. The highest BCUT2D eigenvalue weighted by Gasteiger charge is 2.15. The molecule has 0 aliphatic carbocycles. The molecule has 0 aliphatic heterocycles. The summed E-state index contributed by atoms with van der Waals surface area (Å²) in [5.74, 6) is 5.93. The van der Waals surface area contributed by atoms with Crippen LogP contribution in [0.4, 0.5) is 4.79 Å². The molecule has 0 bridgehead atoms. The number of pyridine rings is 1. The number of carbonyl (C=O) groups is 1. The Balaban J connectivity index is 2.28. The molecule has 1 aromatic rings. The second kappa shape index (κ2) is 7.15. The number of nitrogens with zero attached hydrogens (tertiary/aromatic N) is 1. The van der Waals surface area contributed by atoms with Crippen LogP contribution in [0.5, 0.6) is 0 Å². The number of hydrogen-bond acceptors (Lipinski definition) is 3. The molecule has 0 aromatic carbocycles. The van der Waals surface area contributed by atoms with E-state index < -0.39 is 11.7 Å². The molecule has 0 saturated carbocycles. The summed E-state index contributed by atoms with van der Waals surface area (Å²) in [4.78, 5) is 15.4. The molecule has 19 heavy (non-hydrogen) atoms. The number of ether oxygens (including phenoxy) is 1. The van der Waals surface area contributed by atoms with Crippen LogP contribution in [0.1, 0.15) is 32.8 Å². The first-order valence-corrected chi connectivity index (χ1v) is 6.73. The Morgan fingerprint density at radius 1 is 1.47 bits per heavy atom. The van der Waals surface area contributed by atoms with Gasteiger partial charge in [0.25, 0.3) is 0 Å². The van der Waals surface area contributed by atoms with Gasteiger partial charge in [-0.15, -0.1) is 0 Å². The van der Waals surface area contributed by atoms with Gasteiger partial charge in [0.15, 0.2) is 0 Å². The molecule has 0 spiro atoms. The summed E-state index contributed by atoms with van der Waals surface area (Å²) >= 11 is 3.26. The van der Waals surface area contributed by atoms with Gasteiger partial charge in [0.05, 0.1) is 0 Å². The van der Waals surface area contributed by atoms with E-state index in [0.717, 1.165) is 10.2 Å². The van der Waals surface area contributed by atoms with Crippen LogP contribution in [0, 0.1) is 11.8 Å². The molecular formula is C14H17BrN2O2. The largest absolute Gasteiger partial charge is 0.444 e. The van der Waals surface area contributed by atoms with Gasteiger partial charge in [-0.3, -0.25) is 0 Å². The molecule has 0 radical (unpaired) electrons. The summed E-state index contributed by atoms with van der Waals surface area (Å²) in [6.07, 6.45) is 1.84. The minimum absolute atomic E-state index is 0.417. The lowest BCUT2D eigenvalue weighted by molar-refractivity contribution is 0.0529. The van der Waals surface area contributed by atoms with Gasteiger partial charge in [0.2, 0.25) is 0 Å². The van der Waals surface area contributed by atoms with Crippen molar-refractivity contribution in [3.63, 3.8) is 0 Å². The Hall–Kier alpha value is -1.54. The van der Waals surface area contributed by atoms with Crippen molar-refractivity contribution in [1.29, 1.82) is 0 Å². The quantitative estimate of drug-likeness (QED) is 0.516. The molecule has 1 rings (SSSR count). The van der Waals surface area contributed by atoms with Crippen LogP contribution in [-0.2, 0) is 4.74 Å². The van der Waals surface area contributed by atoms with Crippen molar-refractivity contribution < 1.29 is 9.53 Å². The highest BCUT2D eigenvalue weighted by molar-refractivity contribution is 9.10. The van der Waals surface area contributed by atoms with Crippen LogP contribution >= 0.6 is 15.9 Å². The van der Waals surface area contributed by atoms with E-state index in [4.69, 9.17) is 4.74 Å². The predicted octanol–water partition coefficient (Wildman–Crippen LogP) is 3.11. The van der Waals surface area contributed by atoms with E-state index in [0.29, 0.717) is 13.0 Å². The maximum atomic E-state index is 11.3. The van der Waals surface area contributed by atoms with E-state index in [1.54, 1.807) is 6.20 Å². The van der Waals surface area contributed by atoms with Crippen molar-refractivity contribution in [1.82, 2.24) is 10.3 Å². The molecule has 1 amide bonds. The van der Waals surface area contributed by atoms with Crippen molar-refractivity contribution in [2.75, 3.05) is 6.54 Å². The fourth-order valence-corrected chi connectivity index (χ4v) is 1.39. The van der Waals surface area contributed by atoms with Gasteiger partial charge in [-0.1, -0.05) is 11.8 Å². The SMILES string of the molecule is CC(C)(C)OC(=O)NCCC#Cc1ccc(Br)nc1. The molecule has 1 N–H and O–H groups in total. The molecule has 1 aromatic heterocycles. The van der Waals surface area contributed by atoms with E-state index in [-0.39, 0.29) is 0 Å². The van der Waals surface area contributed by atoms with E-state index in [2.05, 4.69) is 38.1 Å². The van der Waals surface area contributed by atoms with Gasteiger partial charge in [-0.2, -0.15) is 0 Å². The van der Waals surface area contributed by atoms with Gasteiger partial charge in [0.1, 0.15) is 10.2 Å². The van der Waals surface area contributed by atoms with Crippen molar-refractivity contribution in [2.45, 2.75) is 32.8 Å². The first-order chi connectivity index (χ1) is 8.87. The van der Waals surface area contributed by atoms with Gasteiger partial charge in [-0.05, 0) is 48.8 Å². The molecule has 0 saturated heterocycles. The van der Waals surface area contributed by atoms with Crippen LogP contribution in [0.25, 0.3) is 0 Å². The highest BCUT2D eigenvalue weighted by atomic mass is 79.9. The maximum Gasteiger partial charge on any atom is 0.407 e. The molecule has 4 nitrogen and oxygen atoms in total. The van der Waals surface area contributed by atoms with E-state index in [1.165, 1.54) is 0 Å². The van der Waals surface area contributed by atoms with E-state index in [9.17, 15) is 4.79 Å². The zero-order valence-electron chi connectivity index (χ0n) is 11.3. The van der Waals surface area contributed by atoms with Crippen LogP contribution in [0.3, 0.4) is 0 Å². The first-order valence-electron chi connectivity index (χ1n) is 5.94. The first kappa shape index (κ1) is 15.5. The van der Waals surface area contributed by atoms with Crippen molar-refractivity contribution in [2.24, 2.45) is 0 Å². The number of hydrogen-bond donors (Lipinski definition) is 1. The van der Waals surface area contributed by atoms with E-state index in [1.807, 2.05) is 32.9 Å². The second-order valence-corrected chi connectivity index (χ2v) is 5.66. The minimum atomic E-state index is -0.473. The highest BCUT2D eigenvalue weighted by Crippen LogP contribution is 2.06. The van der Waals surface area contributed by atoms with Gasteiger partial charge >= 0.3 is 6.09 Å². The van der Waals surface area contributed by atoms with Crippen LogP contribution < -0.4 is 5.32 Å². The molecule has 102 valence electrons. The average Bonchev–Trinajstić information content (AvgIpc) is 2.29. The molecular weight excluding hydrogens is 308 g/mol. The summed E-state index contributed by atoms with van der Waals surface area (Å²) in [7, 11) is 0. The smallest absolute Gasteiger partial charge is 0.407 e. The zero-order valence-corrected chi connectivity index (χ0v) is 12.9. The monoisotopic (exact) mass is 324 g/mol. The van der Waals surface area contributed by atoms with Crippen molar-refractivity contribution in [3.8, 4) is 11.8 Å². The lowest BCUT2D eigenvalue weighted by atomic mass is 10.2. The number of aromatic nitrogens is 1. The van der Waals surface area contributed by atoms with E-state index >= 15 is 0 Å². The van der Waals surface area contributed by atoms with Crippen LogP contribution in [0.2, 0.25) is 0 Å². The van der Waals surface area contributed by atoms with Crippen molar-refractivity contribution in [3.05, 3.63) is 28.5 Å². The molecule has 0 atom stereocenters. The summed E-state index contributed by atoms with van der Waals surface area (Å²) in [6, 6.07) is 3.72. The number of carbonyl (C=O) groups excluding carboxylic acids is 1. The minimum Gasteiger partial charge on any atom is -0.444 e. The fourth-order valence-electron chi connectivity index (χ4n) is 1.16. The molecule has 5 heteroatoms. The molecule has 1 heterocycles. The number of rotatable bonds is 2. The summed E-state index contributed by atoms with van der Waals surface area (Å²) in [6.45, 7) is 5.94. The Bertz CT molecular complexity index is 481. The summed E-state index contributed by atoms with van der Waals surface area (Å²) < 4.78 is 5.88. The molecule has 0 unspecified atom stereocenters. The third kappa shape index (κ3) is 7.47.